The number of rotatable bonds is 3. The van der Waals surface area contributed by atoms with Crippen LogP contribution >= 0.6 is 0 Å². The highest BCUT2D eigenvalue weighted by molar-refractivity contribution is 5.96. The summed E-state index contributed by atoms with van der Waals surface area (Å²) in [5.74, 6) is -0.171. The molecular weight excluding hydrogens is 190 g/mol. The Balaban J connectivity index is 2.81. The normalized spacial score (nSPS) is 9.73. The topological polar surface area (TPSA) is 68.0 Å². The van der Waals surface area contributed by atoms with Crippen molar-refractivity contribution in [3.63, 3.8) is 0 Å². The van der Waals surface area contributed by atoms with Crippen LogP contribution < -0.4 is 11.1 Å². The lowest BCUT2D eigenvalue weighted by atomic mass is 10.2. The molecule has 1 aromatic rings. The lowest BCUT2D eigenvalue weighted by molar-refractivity contribution is 0.0956. The van der Waals surface area contributed by atoms with E-state index in [-0.39, 0.29) is 5.91 Å². The molecule has 0 spiro atoms. The minimum Gasteiger partial charge on any atom is -0.397 e. The van der Waals surface area contributed by atoms with E-state index in [2.05, 4.69) is 16.9 Å². The Hall–Kier alpha value is -1.84. The van der Waals surface area contributed by atoms with Crippen LogP contribution in [0.5, 0.6) is 0 Å². The van der Waals surface area contributed by atoms with Gasteiger partial charge in [-0.2, -0.15) is 0 Å². The van der Waals surface area contributed by atoms with Crippen molar-refractivity contribution in [1.82, 2.24) is 10.3 Å². The average Bonchev–Trinajstić information content (AvgIpc) is 2.18. The summed E-state index contributed by atoms with van der Waals surface area (Å²) in [6.07, 6.45) is 1.53. The zero-order chi connectivity index (χ0) is 11.4. The zero-order valence-corrected chi connectivity index (χ0v) is 9.00. The summed E-state index contributed by atoms with van der Waals surface area (Å²) < 4.78 is 0. The number of amides is 1. The Morgan fingerprint density at radius 3 is 2.93 bits per heavy atom. The fraction of sp³-hybridized carbons (Fsp3) is 0.273. The van der Waals surface area contributed by atoms with Gasteiger partial charge in [-0.1, -0.05) is 12.2 Å². The molecule has 0 atom stereocenters. The monoisotopic (exact) mass is 205 g/mol. The minimum absolute atomic E-state index is 0.171. The van der Waals surface area contributed by atoms with E-state index in [0.29, 0.717) is 23.5 Å². The van der Waals surface area contributed by atoms with Gasteiger partial charge in [-0.25, -0.2) is 0 Å². The highest BCUT2D eigenvalue weighted by atomic mass is 16.1. The molecule has 0 aliphatic rings. The van der Waals surface area contributed by atoms with E-state index in [1.54, 1.807) is 13.0 Å². The van der Waals surface area contributed by atoms with Crippen LogP contribution in [0.4, 0.5) is 5.69 Å². The third kappa shape index (κ3) is 3.09. The van der Waals surface area contributed by atoms with Crippen molar-refractivity contribution in [1.29, 1.82) is 0 Å². The van der Waals surface area contributed by atoms with Crippen LogP contribution in [0.3, 0.4) is 0 Å². The Kier molecular flexibility index (Phi) is 3.44. The van der Waals surface area contributed by atoms with E-state index < -0.39 is 0 Å². The molecular formula is C11H15N3O. The summed E-state index contributed by atoms with van der Waals surface area (Å²) in [7, 11) is 0. The van der Waals surface area contributed by atoms with Crippen molar-refractivity contribution >= 4 is 11.6 Å². The molecule has 0 radical (unpaired) electrons. The maximum atomic E-state index is 11.7. The SMILES string of the molecule is C=C(C)CNC(=O)c1cc(N)cnc1C. The van der Waals surface area contributed by atoms with Gasteiger partial charge in [-0.05, 0) is 19.9 Å². The van der Waals surface area contributed by atoms with Crippen LogP contribution in [0.2, 0.25) is 0 Å². The number of carbonyl (C=O) groups excluding carboxylic acids is 1. The van der Waals surface area contributed by atoms with Gasteiger partial charge in [-0.15, -0.1) is 0 Å². The maximum Gasteiger partial charge on any atom is 0.253 e. The Bertz CT molecular complexity index is 399. The van der Waals surface area contributed by atoms with Crippen LogP contribution in [-0.2, 0) is 0 Å². The van der Waals surface area contributed by atoms with E-state index in [1.807, 2.05) is 6.92 Å². The highest BCUT2D eigenvalue weighted by Crippen LogP contribution is 2.09. The number of anilines is 1. The lowest BCUT2D eigenvalue weighted by Crippen LogP contribution is -2.26. The number of nitrogens with zero attached hydrogens (tertiary/aromatic N) is 1. The number of nitrogens with one attached hydrogen (secondary N) is 1. The first-order chi connectivity index (χ1) is 7.00. The van der Waals surface area contributed by atoms with E-state index in [0.717, 1.165) is 5.57 Å². The molecule has 4 heteroatoms. The van der Waals surface area contributed by atoms with Crippen LogP contribution in [0.15, 0.2) is 24.4 Å². The first-order valence-electron chi connectivity index (χ1n) is 4.65. The lowest BCUT2D eigenvalue weighted by Gasteiger charge is -2.07. The quantitative estimate of drug-likeness (QED) is 0.730. The van der Waals surface area contributed by atoms with Crippen molar-refractivity contribution in [3.05, 3.63) is 35.7 Å². The van der Waals surface area contributed by atoms with Crippen molar-refractivity contribution in [3.8, 4) is 0 Å². The van der Waals surface area contributed by atoms with E-state index in [9.17, 15) is 4.79 Å². The number of nitrogens with two attached hydrogens (primary N) is 1. The van der Waals surface area contributed by atoms with Gasteiger partial charge >= 0.3 is 0 Å². The molecule has 0 aromatic carbocycles. The number of pyridine rings is 1. The van der Waals surface area contributed by atoms with Crippen LogP contribution in [0.1, 0.15) is 23.0 Å². The Labute approximate surface area is 89.2 Å². The molecule has 0 unspecified atom stereocenters. The third-order valence-electron chi connectivity index (χ3n) is 1.90. The second-order valence-corrected chi connectivity index (χ2v) is 3.54. The predicted molar refractivity (Wildman–Crippen MR) is 60.5 cm³/mol. The third-order valence-corrected chi connectivity index (χ3v) is 1.90. The number of hydrogen-bond acceptors (Lipinski definition) is 3. The average molecular weight is 205 g/mol. The van der Waals surface area contributed by atoms with E-state index in [1.165, 1.54) is 6.20 Å². The van der Waals surface area contributed by atoms with Crippen molar-refractivity contribution in [2.75, 3.05) is 12.3 Å². The molecule has 0 fully saturated rings. The molecule has 3 N–H and O–H groups in total. The molecule has 0 saturated heterocycles. The number of nitrogen functional groups attached to an aromatic ring is 1. The summed E-state index contributed by atoms with van der Waals surface area (Å²) in [5, 5.41) is 2.73. The molecule has 1 aromatic heterocycles. The number of carbonyl (C=O) groups is 1. The van der Waals surface area contributed by atoms with Gasteiger partial charge in [0.05, 0.1) is 23.1 Å². The fourth-order valence-electron chi connectivity index (χ4n) is 1.11. The number of hydrogen-bond donors (Lipinski definition) is 2. The van der Waals surface area contributed by atoms with E-state index >= 15 is 0 Å². The van der Waals surface area contributed by atoms with Gasteiger partial charge in [0.2, 0.25) is 0 Å². The molecule has 0 bridgehead atoms. The first-order valence-corrected chi connectivity index (χ1v) is 4.65. The summed E-state index contributed by atoms with van der Waals surface area (Å²) in [5.41, 5.74) is 8.13. The molecule has 4 nitrogen and oxygen atoms in total. The van der Waals surface area contributed by atoms with Gasteiger partial charge in [0.15, 0.2) is 0 Å². The second-order valence-electron chi connectivity index (χ2n) is 3.54. The molecule has 0 aliphatic carbocycles. The zero-order valence-electron chi connectivity index (χ0n) is 9.00. The van der Waals surface area contributed by atoms with Gasteiger partial charge < -0.3 is 11.1 Å². The largest absolute Gasteiger partial charge is 0.397 e. The summed E-state index contributed by atoms with van der Waals surface area (Å²) >= 11 is 0. The van der Waals surface area contributed by atoms with Crippen LogP contribution in [-0.4, -0.2) is 17.4 Å². The van der Waals surface area contributed by atoms with Gasteiger partial charge in [-0.3, -0.25) is 9.78 Å². The molecule has 0 saturated carbocycles. The summed E-state index contributed by atoms with van der Waals surface area (Å²) in [6.45, 7) is 7.80. The maximum absolute atomic E-state index is 11.7. The summed E-state index contributed by atoms with van der Waals surface area (Å²) in [6, 6.07) is 1.62. The molecule has 15 heavy (non-hydrogen) atoms. The van der Waals surface area contributed by atoms with Crippen LogP contribution in [0, 0.1) is 6.92 Å². The standard InChI is InChI=1S/C11H15N3O/c1-7(2)5-14-11(15)10-4-9(12)6-13-8(10)3/h4,6H,1,5,12H2,2-3H3,(H,14,15). The molecule has 1 heterocycles. The smallest absolute Gasteiger partial charge is 0.253 e. The van der Waals surface area contributed by atoms with Gasteiger partial charge in [0, 0.05) is 6.54 Å². The predicted octanol–water partition coefficient (Wildman–Crippen LogP) is 1.28. The van der Waals surface area contributed by atoms with Gasteiger partial charge in [0.25, 0.3) is 5.91 Å². The number of aryl methyl sites for hydroxylation is 1. The fourth-order valence-corrected chi connectivity index (χ4v) is 1.11. The van der Waals surface area contributed by atoms with Crippen LogP contribution in [0.25, 0.3) is 0 Å². The van der Waals surface area contributed by atoms with Crippen molar-refractivity contribution in [2.45, 2.75) is 13.8 Å². The molecule has 80 valence electrons. The second kappa shape index (κ2) is 4.59. The van der Waals surface area contributed by atoms with E-state index in [4.69, 9.17) is 5.73 Å². The first kappa shape index (κ1) is 11.2. The highest BCUT2D eigenvalue weighted by Gasteiger charge is 2.09. The molecule has 1 rings (SSSR count). The molecule has 0 aliphatic heterocycles. The Morgan fingerprint density at radius 2 is 2.33 bits per heavy atom. The minimum atomic E-state index is -0.171. The van der Waals surface area contributed by atoms with Crippen molar-refractivity contribution < 1.29 is 4.79 Å². The number of aromatic nitrogens is 1. The molecule has 1 amide bonds. The Morgan fingerprint density at radius 1 is 1.67 bits per heavy atom. The summed E-state index contributed by atoms with van der Waals surface area (Å²) in [4.78, 5) is 15.7. The van der Waals surface area contributed by atoms with Crippen molar-refractivity contribution in [2.24, 2.45) is 0 Å². The van der Waals surface area contributed by atoms with Gasteiger partial charge in [0.1, 0.15) is 0 Å².